The predicted molar refractivity (Wildman–Crippen MR) is 88.8 cm³/mol. The van der Waals surface area contributed by atoms with Crippen LogP contribution < -0.4 is 5.73 Å². The maximum atomic E-state index is 13.8. The number of halogens is 1. The summed E-state index contributed by atoms with van der Waals surface area (Å²) in [5.74, 6) is -0.232. The van der Waals surface area contributed by atoms with Crippen LogP contribution in [0.5, 0.6) is 0 Å². The van der Waals surface area contributed by atoms with Crippen LogP contribution in [0.1, 0.15) is 22.7 Å². The maximum Gasteiger partial charge on any atom is 0.130 e. The SMILES string of the molecule is C=CN1/C(=C\N)c2ccccc2C1/C=C/c1ccccc1F. The number of benzene rings is 2. The molecule has 3 rings (SSSR count). The highest BCUT2D eigenvalue weighted by Gasteiger charge is 2.29. The summed E-state index contributed by atoms with van der Waals surface area (Å²) in [6.07, 6.45) is 7.09. The van der Waals surface area contributed by atoms with Crippen LogP contribution in [0.4, 0.5) is 4.39 Å². The van der Waals surface area contributed by atoms with Gasteiger partial charge in [0.2, 0.25) is 0 Å². The molecule has 0 fully saturated rings. The number of rotatable bonds is 3. The first kappa shape index (κ1) is 14.1. The highest BCUT2D eigenvalue weighted by molar-refractivity contribution is 5.74. The fourth-order valence-corrected chi connectivity index (χ4v) is 2.82. The van der Waals surface area contributed by atoms with Crippen molar-refractivity contribution in [1.29, 1.82) is 0 Å². The smallest absolute Gasteiger partial charge is 0.130 e. The molecule has 3 heteroatoms. The average Bonchev–Trinajstić information content (AvgIpc) is 2.87. The zero-order chi connectivity index (χ0) is 15.5. The summed E-state index contributed by atoms with van der Waals surface area (Å²) < 4.78 is 13.8. The third kappa shape index (κ3) is 2.31. The van der Waals surface area contributed by atoms with Crippen molar-refractivity contribution < 1.29 is 4.39 Å². The van der Waals surface area contributed by atoms with Gasteiger partial charge in [0.15, 0.2) is 0 Å². The Kier molecular flexibility index (Phi) is 3.79. The molecular formula is C19H17FN2. The molecule has 1 unspecified atom stereocenters. The van der Waals surface area contributed by atoms with Gasteiger partial charge >= 0.3 is 0 Å². The van der Waals surface area contributed by atoms with Crippen LogP contribution in [0.15, 0.2) is 73.6 Å². The molecule has 0 aromatic heterocycles. The molecule has 22 heavy (non-hydrogen) atoms. The van der Waals surface area contributed by atoms with Gasteiger partial charge in [-0.1, -0.05) is 61.2 Å². The van der Waals surface area contributed by atoms with E-state index in [2.05, 4.69) is 12.6 Å². The first-order valence-corrected chi connectivity index (χ1v) is 7.11. The van der Waals surface area contributed by atoms with Gasteiger partial charge in [-0.3, -0.25) is 0 Å². The molecule has 2 nitrogen and oxygen atoms in total. The summed E-state index contributed by atoms with van der Waals surface area (Å²) in [4.78, 5) is 1.99. The highest BCUT2D eigenvalue weighted by Crippen LogP contribution is 2.42. The molecule has 0 aliphatic carbocycles. The predicted octanol–water partition coefficient (Wildman–Crippen LogP) is 4.30. The molecule has 0 bridgehead atoms. The fraction of sp³-hybridized carbons (Fsp3) is 0.0526. The minimum Gasteiger partial charge on any atom is -0.403 e. The van der Waals surface area contributed by atoms with Crippen LogP contribution in [0.3, 0.4) is 0 Å². The van der Waals surface area contributed by atoms with Crippen molar-refractivity contribution in [3.8, 4) is 0 Å². The Hall–Kier alpha value is -2.81. The third-order valence-corrected chi connectivity index (χ3v) is 3.85. The van der Waals surface area contributed by atoms with E-state index >= 15 is 0 Å². The number of hydrogen-bond donors (Lipinski definition) is 1. The largest absolute Gasteiger partial charge is 0.403 e. The van der Waals surface area contributed by atoms with Crippen molar-refractivity contribution >= 4 is 11.8 Å². The summed E-state index contributed by atoms with van der Waals surface area (Å²) in [6, 6.07) is 14.7. The van der Waals surface area contributed by atoms with Gasteiger partial charge in [0.25, 0.3) is 0 Å². The molecule has 0 spiro atoms. The number of nitrogens with zero attached hydrogens (tertiary/aromatic N) is 1. The highest BCUT2D eigenvalue weighted by atomic mass is 19.1. The Bertz CT molecular complexity index is 762. The van der Waals surface area contributed by atoms with E-state index in [0.717, 1.165) is 16.8 Å². The van der Waals surface area contributed by atoms with Crippen LogP contribution >= 0.6 is 0 Å². The van der Waals surface area contributed by atoms with E-state index in [1.54, 1.807) is 30.6 Å². The van der Waals surface area contributed by atoms with Crippen molar-refractivity contribution in [2.24, 2.45) is 5.73 Å². The third-order valence-electron chi connectivity index (χ3n) is 3.85. The molecule has 2 aromatic rings. The molecule has 0 amide bonds. The van der Waals surface area contributed by atoms with Gasteiger partial charge in [-0.25, -0.2) is 4.39 Å². The zero-order valence-electron chi connectivity index (χ0n) is 12.1. The van der Waals surface area contributed by atoms with Crippen molar-refractivity contribution in [2.45, 2.75) is 6.04 Å². The van der Waals surface area contributed by atoms with Gasteiger partial charge < -0.3 is 10.6 Å². The fourth-order valence-electron chi connectivity index (χ4n) is 2.82. The Morgan fingerprint density at radius 1 is 1.09 bits per heavy atom. The number of fused-ring (bicyclic) bond motifs is 1. The second kappa shape index (κ2) is 5.90. The standard InChI is InChI=1S/C19H17FN2/c1-2-22-18(12-11-14-7-3-6-10-17(14)20)15-8-4-5-9-16(15)19(22)13-21/h2-13,18H,1,21H2/b12-11+,19-13-. The van der Waals surface area contributed by atoms with Gasteiger partial charge in [0, 0.05) is 17.3 Å². The lowest BCUT2D eigenvalue weighted by Crippen LogP contribution is -2.13. The molecule has 2 N–H and O–H groups in total. The Balaban J connectivity index is 2.03. The second-order valence-corrected chi connectivity index (χ2v) is 5.05. The van der Waals surface area contributed by atoms with Gasteiger partial charge in [0.1, 0.15) is 5.82 Å². The van der Waals surface area contributed by atoms with Crippen LogP contribution in [-0.4, -0.2) is 4.90 Å². The quantitative estimate of drug-likeness (QED) is 0.914. The normalized spacial score (nSPS) is 18.9. The van der Waals surface area contributed by atoms with Crippen molar-refractivity contribution in [1.82, 2.24) is 4.90 Å². The summed E-state index contributed by atoms with van der Waals surface area (Å²) in [5, 5.41) is 0. The summed E-state index contributed by atoms with van der Waals surface area (Å²) in [7, 11) is 0. The van der Waals surface area contributed by atoms with E-state index < -0.39 is 0 Å². The van der Waals surface area contributed by atoms with Crippen LogP contribution in [-0.2, 0) is 0 Å². The molecule has 0 saturated carbocycles. The molecular weight excluding hydrogens is 275 g/mol. The summed E-state index contributed by atoms with van der Waals surface area (Å²) in [5.41, 5.74) is 9.46. The van der Waals surface area contributed by atoms with E-state index in [1.165, 1.54) is 6.07 Å². The Morgan fingerprint density at radius 2 is 1.82 bits per heavy atom. The molecule has 1 atom stereocenters. The second-order valence-electron chi connectivity index (χ2n) is 5.05. The lowest BCUT2D eigenvalue weighted by molar-refractivity contribution is 0.489. The average molecular weight is 292 g/mol. The Morgan fingerprint density at radius 3 is 2.55 bits per heavy atom. The zero-order valence-corrected chi connectivity index (χ0v) is 12.1. The molecule has 0 saturated heterocycles. The molecule has 0 radical (unpaired) electrons. The van der Waals surface area contributed by atoms with Crippen LogP contribution in [0.2, 0.25) is 0 Å². The monoisotopic (exact) mass is 292 g/mol. The van der Waals surface area contributed by atoms with Crippen molar-refractivity contribution in [3.63, 3.8) is 0 Å². The van der Waals surface area contributed by atoms with E-state index in [9.17, 15) is 4.39 Å². The minimum absolute atomic E-state index is 0.0388. The van der Waals surface area contributed by atoms with Gasteiger partial charge in [-0.15, -0.1) is 0 Å². The molecule has 2 aromatic carbocycles. The van der Waals surface area contributed by atoms with Crippen molar-refractivity contribution in [3.05, 3.63) is 96.1 Å². The van der Waals surface area contributed by atoms with Crippen LogP contribution in [0.25, 0.3) is 11.8 Å². The maximum absolute atomic E-state index is 13.8. The van der Waals surface area contributed by atoms with Gasteiger partial charge in [0.05, 0.1) is 11.7 Å². The minimum atomic E-state index is -0.232. The number of nitrogens with two attached hydrogens (primary N) is 1. The first-order chi connectivity index (χ1) is 10.8. The summed E-state index contributed by atoms with van der Waals surface area (Å²) in [6.45, 7) is 3.87. The lowest BCUT2D eigenvalue weighted by atomic mass is 10.0. The van der Waals surface area contributed by atoms with Gasteiger partial charge in [-0.2, -0.15) is 0 Å². The van der Waals surface area contributed by atoms with Crippen LogP contribution in [0, 0.1) is 5.82 Å². The molecule has 110 valence electrons. The first-order valence-electron chi connectivity index (χ1n) is 7.11. The Labute approximate surface area is 129 Å². The summed E-state index contributed by atoms with van der Waals surface area (Å²) >= 11 is 0. The molecule has 1 aliphatic rings. The van der Waals surface area contributed by atoms with Crippen molar-refractivity contribution in [2.75, 3.05) is 0 Å². The lowest BCUT2D eigenvalue weighted by Gasteiger charge is -2.21. The van der Waals surface area contributed by atoms with E-state index in [1.807, 2.05) is 35.2 Å². The molecule has 1 aliphatic heterocycles. The van der Waals surface area contributed by atoms with E-state index in [4.69, 9.17) is 5.73 Å². The van der Waals surface area contributed by atoms with E-state index in [0.29, 0.717) is 5.56 Å². The molecule has 1 heterocycles. The van der Waals surface area contributed by atoms with E-state index in [-0.39, 0.29) is 11.9 Å². The topological polar surface area (TPSA) is 29.3 Å². The number of hydrogen-bond acceptors (Lipinski definition) is 2. The van der Waals surface area contributed by atoms with Gasteiger partial charge in [-0.05, 0) is 17.8 Å².